The van der Waals surface area contributed by atoms with E-state index < -0.39 is 5.91 Å². The number of aromatic amines is 1. The number of hydrogen-bond donors (Lipinski definition) is 3. The van der Waals surface area contributed by atoms with E-state index in [-0.39, 0.29) is 11.6 Å². The fourth-order valence-corrected chi connectivity index (χ4v) is 2.55. The van der Waals surface area contributed by atoms with E-state index in [4.69, 9.17) is 4.74 Å². The van der Waals surface area contributed by atoms with Crippen LogP contribution in [0.5, 0.6) is 5.75 Å². The van der Waals surface area contributed by atoms with Gasteiger partial charge in [0.25, 0.3) is 0 Å². The minimum Gasteiger partial charge on any atom is -0.494 e. The van der Waals surface area contributed by atoms with E-state index in [0.717, 1.165) is 15.6 Å². The molecule has 0 aliphatic heterocycles. The van der Waals surface area contributed by atoms with E-state index in [2.05, 4.69) is 15.5 Å². The lowest BCUT2D eigenvalue weighted by Gasteiger charge is -2.09. The summed E-state index contributed by atoms with van der Waals surface area (Å²) in [5, 5.41) is 20.8. The predicted molar refractivity (Wildman–Crippen MR) is 88.5 cm³/mol. The molecule has 3 aromatic rings. The molecule has 0 bridgehead atoms. The summed E-state index contributed by atoms with van der Waals surface area (Å²) in [4.78, 5) is 12.6. The molecule has 0 aliphatic carbocycles. The molecule has 7 nitrogen and oxygen atoms in total. The Bertz CT molecular complexity index is 902. The zero-order valence-electron chi connectivity index (χ0n) is 13.7. The second kappa shape index (κ2) is 6.19. The van der Waals surface area contributed by atoms with Crippen molar-refractivity contribution < 1.29 is 19.5 Å². The molecule has 2 heterocycles. The Kier molecular flexibility index (Phi) is 4.07. The first kappa shape index (κ1) is 15.8. The number of carbonyl (C=O) groups is 1. The summed E-state index contributed by atoms with van der Waals surface area (Å²) in [5.74, 6) is 0.146. The average molecular weight is 327 g/mol. The highest BCUT2D eigenvalue weighted by Crippen LogP contribution is 2.29. The second-order valence-electron chi connectivity index (χ2n) is 5.75. The summed E-state index contributed by atoms with van der Waals surface area (Å²) in [5.41, 5.74) is 2.05. The van der Waals surface area contributed by atoms with Crippen molar-refractivity contribution in [1.82, 2.24) is 10.2 Å². The van der Waals surface area contributed by atoms with Gasteiger partial charge >= 0.3 is 11.6 Å². The third-order valence-corrected chi connectivity index (χ3v) is 3.82. The molecule has 0 radical (unpaired) electrons. The van der Waals surface area contributed by atoms with Gasteiger partial charge in [-0.25, -0.2) is 0 Å². The number of methoxy groups -OCH3 is 1. The lowest BCUT2D eigenvalue weighted by Crippen LogP contribution is -2.43. The van der Waals surface area contributed by atoms with Crippen molar-refractivity contribution in [2.45, 2.75) is 19.8 Å². The Hall–Kier alpha value is -3.09. The number of amides is 1. The van der Waals surface area contributed by atoms with Crippen molar-refractivity contribution in [3.63, 3.8) is 0 Å². The lowest BCUT2D eigenvalue weighted by molar-refractivity contribution is -0.911. The number of rotatable bonds is 4. The van der Waals surface area contributed by atoms with Crippen molar-refractivity contribution in [1.29, 1.82) is 0 Å². The predicted octanol–water partition coefficient (Wildman–Crippen LogP) is 2.47. The molecule has 3 rings (SSSR count). The highest BCUT2D eigenvalue weighted by atomic mass is 16.5. The van der Waals surface area contributed by atoms with Crippen LogP contribution in [0.2, 0.25) is 0 Å². The van der Waals surface area contributed by atoms with Crippen LogP contribution in [0.3, 0.4) is 0 Å². The Morgan fingerprint density at radius 3 is 2.88 bits per heavy atom. The quantitative estimate of drug-likeness (QED) is 0.507. The molecule has 2 aromatic heterocycles. The molecule has 1 amide bonds. The van der Waals surface area contributed by atoms with Crippen LogP contribution in [0.15, 0.2) is 36.5 Å². The molecule has 24 heavy (non-hydrogen) atoms. The molecule has 0 saturated carbocycles. The topological polar surface area (TPSA) is 91.1 Å². The first-order valence-corrected chi connectivity index (χ1v) is 7.58. The number of ether oxygens (including phenoxy) is 1. The van der Waals surface area contributed by atoms with Gasteiger partial charge < -0.3 is 10.1 Å². The molecular weight excluding hydrogens is 308 g/mol. The number of aromatic nitrogens is 3. The molecule has 0 spiro atoms. The highest BCUT2D eigenvalue weighted by molar-refractivity contribution is 6.04. The molecule has 7 heteroatoms. The number of nitrogens with zero attached hydrogens (tertiary/aromatic N) is 2. The van der Waals surface area contributed by atoms with Crippen molar-refractivity contribution in [2.75, 3.05) is 12.4 Å². The minimum atomic E-state index is -0.429. The summed E-state index contributed by atoms with van der Waals surface area (Å²) >= 11 is 0. The second-order valence-corrected chi connectivity index (χ2v) is 5.75. The van der Waals surface area contributed by atoms with Gasteiger partial charge in [-0.05, 0) is 12.1 Å². The lowest BCUT2D eigenvalue weighted by atomic mass is 10.1. The van der Waals surface area contributed by atoms with Crippen LogP contribution in [0.4, 0.5) is 5.69 Å². The fraction of sp³-hybridized carbons (Fsp3) is 0.235. The van der Waals surface area contributed by atoms with Gasteiger partial charge in [-0.1, -0.05) is 13.8 Å². The molecule has 0 atom stereocenters. The maximum atomic E-state index is 12.6. The molecular formula is C17H19N4O3+. The summed E-state index contributed by atoms with van der Waals surface area (Å²) in [6.45, 7) is 3.89. The van der Waals surface area contributed by atoms with Crippen LogP contribution in [-0.4, -0.2) is 28.4 Å². The number of hydrogen-bond acceptors (Lipinski definition) is 4. The first-order chi connectivity index (χ1) is 11.5. The van der Waals surface area contributed by atoms with E-state index in [0.29, 0.717) is 17.1 Å². The van der Waals surface area contributed by atoms with Gasteiger partial charge in [0, 0.05) is 40.4 Å². The number of fused-ring (bicyclic) bond motifs is 1. The van der Waals surface area contributed by atoms with Gasteiger partial charge in [0.15, 0.2) is 0 Å². The number of pyridine rings is 1. The van der Waals surface area contributed by atoms with Crippen molar-refractivity contribution >= 4 is 22.5 Å². The SMILES string of the molecule is COc1cc2n[nH]cc2cc1NC(=O)c1cccc(C(C)C)[n+]1O. The maximum Gasteiger partial charge on any atom is 0.325 e. The van der Waals surface area contributed by atoms with Crippen LogP contribution < -0.4 is 14.8 Å². The number of carbonyl (C=O) groups excluding carboxylic acids is 1. The third-order valence-electron chi connectivity index (χ3n) is 3.82. The Balaban J connectivity index is 1.97. The molecule has 124 valence electrons. The summed E-state index contributed by atoms with van der Waals surface area (Å²) in [6, 6.07) is 8.58. The van der Waals surface area contributed by atoms with E-state index in [1.54, 1.807) is 36.5 Å². The zero-order valence-corrected chi connectivity index (χ0v) is 13.7. The summed E-state index contributed by atoms with van der Waals surface area (Å²) < 4.78 is 6.23. The van der Waals surface area contributed by atoms with Crippen LogP contribution in [0.25, 0.3) is 10.9 Å². The molecule has 0 fully saturated rings. The minimum absolute atomic E-state index is 0.0829. The van der Waals surface area contributed by atoms with Crippen LogP contribution >= 0.6 is 0 Å². The molecule has 0 unspecified atom stereocenters. The van der Waals surface area contributed by atoms with Gasteiger partial charge in [0.05, 0.1) is 18.3 Å². The smallest absolute Gasteiger partial charge is 0.325 e. The van der Waals surface area contributed by atoms with Crippen LogP contribution in [0.1, 0.15) is 35.9 Å². The first-order valence-electron chi connectivity index (χ1n) is 7.58. The van der Waals surface area contributed by atoms with Crippen LogP contribution in [-0.2, 0) is 0 Å². The maximum absolute atomic E-state index is 12.6. The Morgan fingerprint density at radius 1 is 1.38 bits per heavy atom. The monoisotopic (exact) mass is 327 g/mol. The number of H-pyrrole nitrogens is 1. The third kappa shape index (κ3) is 2.76. The summed E-state index contributed by atoms with van der Waals surface area (Å²) in [6.07, 6.45) is 1.73. The Labute approximate surface area is 138 Å². The van der Waals surface area contributed by atoms with E-state index in [1.165, 1.54) is 7.11 Å². The Morgan fingerprint density at radius 2 is 2.17 bits per heavy atom. The van der Waals surface area contributed by atoms with Crippen molar-refractivity contribution in [3.05, 3.63) is 47.9 Å². The van der Waals surface area contributed by atoms with Gasteiger partial charge in [-0.3, -0.25) is 15.1 Å². The fourth-order valence-electron chi connectivity index (χ4n) is 2.55. The van der Waals surface area contributed by atoms with Crippen molar-refractivity contribution in [3.8, 4) is 5.75 Å². The number of nitrogens with one attached hydrogen (secondary N) is 2. The number of anilines is 1. The average Bonchev–Trinajstić information content (AvgIpc) is 3.01. The van der Waals surface area contributed by atoms with Crippen molar-refractivity contribution in [2.24, 2.45) is 0 Å². The van der Waals surface area contributed by atoms with E-state index in [1.807, 2.05) is 13.8 Å². The zero-order chi connectivity index (χ0) is 17.3. The molecule has 3 N–H and O–H groups in total. The van der Waals surface area contributed by atoms with E-state index >= 15 is 0 Å². The normalized spacial score (nSPS) is 11.0. The number of benzene rings is 1. The van der Waals surface area contributed by atoms with E-state index in [9.17, 15) is 10.0 Å². The van der Waals surface area contributed by atoms with Gasteiger partial charge in [0.1, 0.15) is 5.75 Å². The van der Waals surface area contributed by atoms with Gasteiger partial charge in [0.2, 0.25) is 5.69 Å². The summed E-state index contributed by atoms with van der Waals surface area (Å²) in [7, 11) is 1.52. The van der Waals surface area contributed by atoms with Crippen LogP contribution in [0, 0.1) is 0 Å². The molecule has 0 saturated heterocycles. The largest absolute Gasteiger partial charge is 0.494 e. The van der Waals surface area contributed by atoms with Gasteiger partial charge in [-0.15, -0.1) is 0 Å². The molecule has 0 aliphatic rings. The highest BCUT2D eigenvalue weighted by Gasteiger charge is 2.25. The standard InChI is InChI=1S/C17H18N4O3/c1-10(2)14-5-4-6-15(21(14)23)17(22)19-13-7-11-9-18-20-12(11)8-16(13)24-3/h4-10,22-23H,1-3H3/p+1. The van der Waals surface area contributed by atoms with Gasteiger partial charge in [-0.2, -0.15) is 5.10 Å². The molecule has 1 aromatic carbocycles.